The van der Waals surface area contributed by atoms with E-state index < -0.39 is 12.0 Å². The number of carbonyl (C=O) groups is 1. The van der Waals surface area contributed by atoms with Crippen LogP contribution in [0.2, 0.25) is 0 Å². The summed E-state index contributed by atoms with van der Waals surface area (Å²) in [5, 5.41) is 10.4. The minimum absolute atomic E-state index is 0.139. The van der Waals surface area contributed by atoms with Crippen molar-refractivity contribution in [2.75, 3.05) is 31.1 Å². The maximum atomic E-state index is 14.4. The molecule has 2 aromatic carbocycles. The summed E-state index contributed by atoms with van der Waals surface area (Å²) in [7, 11) is 0. The maximum absolute atomic E-state index is 14.4. The Morgan fingerprint density at radius 1 is 1.00 bits per heavy atom. The molecule has 2 bridgehead atoms. The van der Waals surface area contributed by atoms with Crippen molar-refractivity contribution in [3.63, 3.8) is 0 Å². The van der Waals surface area contributed by atoms with Crippen LogP contribution in [0.4, 0.5) is 4.39 Å². The Balaban J connectivity index is 1.14. The molecule has 3 aliphatic heterocycles. The summed E-state index contributed by atoms with van der Waals surface area (Å²) in [4.78, 5) is 22.3. The summed E-state index contributed by atoms with van der Waals surface area (Å²) in [6, 6.07) is 16.4. The van der Waals surface area contributed by atoms with Crippen molar-refractivity contribution in [1.29, 1.82) is 0 Å². The zero-order chi connectivity index (χ0) is 27.9. The van der Waals surface area contributed by atoms with Gasteiger partial charge in [-0.05, 0) is 67.3 Å². The molecular weight excluding hydrogens is 535 g/mol. The Kier molecular flexibility index (Phi) is 7.82. The number of carboxylic acids is 1. The van der Waals surface area contributed by atoms with Crippen molar-refractivity contribution in [1.82, 2.24) is 19.4 Å². The summed E-state index contributed by atoms with van der Waals surface area (Å²) in [5.74, 6) is 1.99. The number of likely N-dealkylation sites (tertiary alicyclic amines) is 1. The number of aromatic nitrogens is 2. The van der Waals surface area contributed by atoms with Crippen LogP contribution in [0.25, 0.3) is 11.0 Å². The molecule has 218 valence electrons. The minimum atomic E-state index is -0.683. The topological polar surface area (TPSA) is 61.6 Å². The monoisotopic (exact) mass is 576 g/mol. The summed E-state index contributed by atoms with van der Waals surface area (Å²) in [6.45, 7) is 2.42. The largest absolute Gasteiger partial charge is 0.480 e. The van der Waals surface area contributed by atoms with Gasteiger partial charge in [0.1, 0.15) is 11.9 Å². The summed E-state index contributed by atoms with van der Waals surface area (Å²) in [6.07, 6.45) is 9.70. The molecule has 3 aromatic rings. The van der Waals surface area contributed by atoms with Crippen LogP contribution < -0.4 is 0 Å². The second-order valence-electron chi connectivity index (χ2n) is 12.9. The molecular formula is C33H41FN4O2S. The number of halogens is 1. The van der Waals surface area contributed by atoms with Crippen LogP contribution in [-0.2, 0) is 4.79 Å². The Labute approximate surface area is 246 Å². The fourth-order valence-electron chi connectivity index (χ4n) is 8.56. The second-order valence-corrected chi connectivity index (χ2v) is 13.9. The number of fused-ring (bicyclic) bond motifs is 3. The molecule has 5 atom stereocenters. The lowest BCUT2D eigenvalue weighted by molar-refractivity contribution is -0.145. The predicted octanol–water partition coefficient (Wildman–Crippen LogP) is 6.05. The van der Waals surface area contributed by atoms with Gasteiger partial charge >= 0.3 is 5.97 Å². The molecule has 1 N–H and O–H groups in total. The number of piperidine rings is 1. The average Bonchev–Trinajstić information content (AvgIpc) is 3.58. The van der Waals surface area contributed by atoms with Crippen molar-refractivity contribution in [2.24, 2.45) is 11.8 Å². The maximum Gasteiger partial charge on any atom is 0.321 e. The molecule has 8 heteroatoms. The van der Waals surface area contributed by atoms with Crippen molar-refractivity contribution in [3.8, 4) is 0 Å². The number of nitrogens with zero attached hydrogens (tertiary/aromatic N) is 4. The summed E-state index contributed by atoms with van der Waals surface area (Å²) >= 11 is 2.07. The van der Waals surface area contributed by atoms with Gasteiger partial charge in [-0.25, -0.2) is 9.37 Å². The third kappa shape index (κ3) is 5.43. The van der Waals surface area contributed by atoms with Gasteiger partial charge in [0, 0.05) is 55.2 Å². The van der Waals surface area contributed by atoms with Crippen molar-refractivity contribution < 1.29 is 14.3 Å². The Morgan fingerprint density at radius 3 is 2.54 bits per heavy atom. The number of rotatable bonds is 7. The van der Waals surface area contributed by atoms with Crippen molar-refractivity contribution >= 4 is 28.8 Å². The van der Waals surface area contributed by atoms with Crippen LogP contribution in [0.15, 0.2) is 54.9 Å². The predicted molar refractivity (Wildman–Crippen MR) is 162 cm³/mol. The normalized spacial score (nSPS) is 30.5. The van der Waals surface area contributed by atoms with E-state index in [4.69, 9.17) is 0 Å². The SMILES string of the molecule is O=C(O)[C@@H](C1CCCCC1)N1C[C@H](CN2C3CSCC2CC(n2cnc4ccccc42)C3)[C@@H](c2cccc(F)c2)C1. The van der Waals surface area contributed by atoms with Crippen LogP contribution in [0, 0.1) is 17.7 Å². The first-order valence-corrected chi connectivity index (χ1v) is 16.7. The van der Waals surface area contributed by atoms with Gasteiger partial charge in [0.2, 0.25) is 0 Å². The van der Waals surface area contributed by atoms with E-state index in [-0.39, 0.29) is 23.6 Å². The fourth-order valence-corrected chi connectivity index (χ4v) is 9.90. The Morgan fingerprint density at radius 2 is 1.78 bits per heavy atom. The molecule has 1 aromatic heterocycles. The highest BCUT2D eigenvalue weighted by atomic mass is 32.2. The van der Waals surface area contributed by atoms with E-state index in [0.717, 1.165) is 74.2 Å². The van der Waals surface area contributed by atoms with E-state index in [1.54, 1.807) is 6.07 Å². The number of hydrogen-bond donors (Lipinski definition) is 1. The van der Waals surface area contributed by atoms with E-state index in [0.29, 0.717) is 24.7 Å². The van der Waals surface area contributed by atoms with Gasteiger partial charge in [-0.2, -0.15) is 11.8 Å². The molecule has 1 aliphatic carbocycles. The van der Waals surface area contributed by atoms with Crippen LogP contribution >= 0.6 is 11.8 Å². The standard InChI is InChI=1S/C33H41FN4O2S/c34-25-10-6-9-23(13-25)29-18-36(32(33(39)40)22-7-2-1-3-8-22)16-24(29)17-37-27-14-26(15-28(37)20-41-19-27)38-21-35-30-11-4-5-12-31(30)38/h4-6,9-13,21-22,24,26-29,32H,1-3,7-8,14-20H2,(H,39,40)/t24-,26?,27?,28?,29-,32-/m1/s1. The van der Waals surface area contributed by atoms with Crippen LogP contribution in [0.5, 0.6) is 0 Å². The lowest BCUT2D eigenvalue weighted by Gasteiger charge is -2.50. The number of carboxylic acid groups (broad SMARTS) is 1. The van der Waals surface area contributed by atoms with E-state index in [1.807, 2.05) is 18.5 Å². The molecule has 4 fully saturated rings. The van der Waals surface area contributed by atoms with Crippen LogP contribution in [-0.4, -0.2) is 79.7 Å². The van der Waals surface area contributed by atoms with Gasteiger partial charge < -0.3 is 9.67 Å². The molecule has 3 saturated heterocycles. The number of hydrogen-bond acceptors (Lipinski definition) is 5. The Hall–Kier alpha value is -2.42. The number of aliphatic carboxylic acids is 1. The van der Waals surface area contributed by atoms with E-state index >= 15 is 0 Å². The first kappa shape index (κ1) is 27.4. The van der Waals surface area contributed by atoms with Gasteiger partial charge in [0.05, 0.1) is 17.4 Å². The molecule has 41 heavy (non-hydrogen) atoms. The van der Waals surface area contributed by atoms with Crippen LogP contribution in [0.1, 0.15) is 62.5 Å². The molecule has 0 radical (unpaired) electrons. The highest BCUT2D eigenvalue weighted by molar-refractivity contribution is 7.99. The molecule has 7 rings (SSSR count). The Bertz CT molecular complexity index is 1360. The zero-order valence-corrected chi connectivity index (χ0v) is 24.5. The molecule has 2 unspecified atom stereocenters. The van der Waals surface area contributed by atoms with E-state index in [9.17, 15) is 14.3 Å². The van der Waals surface area contributed by atoms with Gasteiger partial charge in [-0.15, -0.1) is 0 Å². The molecule has 1 saturated carbocycles. The first-order valence-electron chi connectivity index (χ1n) is 15.5. The average molecular weight is 577 g/mol. The molecule has 0 spiro atoms. The molecule has 0 amide bonds. The highest BCUT2D eigenvalue weighted by Gasteiger charge is 2.46. The van der Waals surface area contributed by atoms with E-state index in [2.05, 4.69) is 55.4 Å². The summed E-state index contributed by atoms with van der Waals surface area (Å²) in [5.41, 5.74) is 3.30. The van der Waals surface area contributed by atoms with Gasteiger partial charge in [-0.3, -0.25) is 14.6 Å². The molecule has 4 aliphatic rings. The van der Waals surface area contributed by atoms with Gasteiger partial charge in [-0.1, -0.05) is 43.5 Å². The zero-order valence-electron chi connectivity index (χ0n) is 23.7. The lowest BCUT2D eigenvalue weighted by Crippen LogP contribution is -2.56. The third-order valence-corrected chi connectivity index (χ3v) is 11.7. The van der Waals surface area contributed by atoms with E-state index in [1.165, 1.54) is 18.0 Å². The lowest BCUT2D eigenvalue weighted by atomic mass is 9.83. The number of para-hydroxylation sites is 2. The summed E-state index contributed by atoms with van der Waals surface area (Å²) < 4.78 is 16.8. The number of imidazole rings is 1. The quantitative estimate of drug-likeness (QED) is 0.370. The third-order valence-electron chi connectivity index (χ3n) is 10.5. The molecule has 4 heterocycles. The second kappa shape index (κ2) is 11.7. The van der Waals surface area contributed by atoms with Gasteiger partial charge in [0.25, 0.3) is 0 Å². The van der Waals surface area contributed by atoms with Crippen LogP contribution in [0.3, 0.4) is 0 Å². The first-order chi connectivity index (χ1) is 20.0. The number of thioether (sulfide) groups is 1. The number of benzene rings is 2. The minimum Gasteiger partial charge on any atom is -0.480 e. The molecule has 6 nitrogen and oxygen atoms in total. The smallest absolute Gasteiger partial charge is 0.321 e. The highest BCUT2D eigenvalue weighted by Crippen LogP contribution is 2.43. The fraction of sp³-hybridized carbons (Fsp3) is 0.576. The van der Waals surface area contributed by atoms with Crippen molar-refractivity contribution in [3.05, 3.63) is 66.2 Å². The van der Waals surface area contributed by atoms with Crippen molar-refractivity contribution in [2.45, 2.75) is 75.0 Å². The van der Waals surface area contributed by atoms with Gasteiger partial charge in [0.15, 0.2) is 0 Å².